The molecule has 0 atom stereocenters. The van der Waals surface area contributed by atoms with E-state index in [4.69, 9.17) is 23.2 Å². The van der Waals surface area contributed by atoms with Gasteiger partial charge in [0.1, 0.15) is 6.42 Å². The molecular weight excluding hydrogens is 235 g/mol. The lowest BCUT2D eigenvalue weighted by atomic mass is 10.2. The van der Waals surface area contributed by atoms with Gasteiger partial charge in [0.25, 0.3) is 0 Å². The van der Waals surface area contributed by atoms with Crippen LogP contribution in [-0.4, -0.2) is 13.1 Å². The van der Waals surface area contributed by atoms with E-state index in [9.17, 15) is 4.79 Å². The van der Waals surface area contributed by atoms with Crippen LogP contribution in [0.1, 0.15) is 12.0 Å². The van der Waals surface area contributed by atoms with Crippen molar-refractivity contribution < 1.29 is 9.53 Å². The van der Waals surface area contributed by atoms with Gasteiger partial charge in [-0.3, -0.25) is 4.79 Å². The fraction of sp³-hybridized carbons (Fsp3) is 0.182. The fourth-order valence-electron chi connectivity index (χ4n) is 0.894. The largest absolute Gasteiger partial charge is 0.468 e. The topological polar surface area (TPSA) is 26.3 Å². The molecule has 0 aromatic heterocycles. The quantitative estimate of drug-likeness (QED) is 0.560. The third-order valence-corrected chi connectivity index (χ3v) is 2.27. The van der Waals surface area contributed by atoms with E-state index in [2.05, 4.69) is 16.6 Å². The van der Waals surface area contributed by atoms with Crippen molar-refractivity contribution in [2.45, 2.75) is 6.42 Å². The number of halogens is 2. The number of methoxy groups -OCH3 is 1. The molecule has 0 fully saturated rings. The van der Waals surface area contributed by atoms with Crippen molar-refractivity contribution in [3.63, 3.8) is 0 Å². The van der Waals surface area contributed by atoms with Crippen LogP contribution in [0.2, 0.25) is 10.0 Å². The molecule has 0 aliphatic rings. The first-order chi connectivity index (χ1) is 7.15. The number of esters is 1. The third-order valence-electron chi connectivity index (χ3n) is 1.64. The number of benzene rings is 1. The highest BCUT2D eigenvalue weighted by molar-refractivity contribution is 6.36. The third kappa shape index (κ3) is 3.47. The second-order valence-corrected chi connectivity index (χ2v) is 3.47. The van der Waals surface area contributed by atoms with Gasteiger partial charge in [0.05, 0.1) is 22.7 Å². The molecule has 0 radical (unpaired) electrons. The fourth-order valence-corrected chi connectivity index (χ4v) is 1.39. The Bertz CT molecular complexity index is 410. The van der Waals surface area contributed by atoms with Gasteiger partial charge >= 0.3 is 5.97 Å². The van der Waals surface area contributed by atoms with Crippen molar-refractivity contribution in [1.29, 1.82) is 0 Å². The zero-order valence-electron chi connectivity index (χ0n) is 8.01. The second kappa shape index (κ2) is 5.65. The molecule has 0 amide bonds. The lowest BCUT2D eigenvalue weighted by Gasteiger charge is -1.97. The van der Waals surface area contributed by atoms with Gasteiger partial charge in [0.15, 0.2) is 0 Å². The average molecular weight is 243 g/mol. The summed E-state index contributed by atoms with van der Waals surface area (Å²) >= 11 is 11.8. The van der Waals surface area contributed by atoms with Crippen LogP contribution in [0.3, 0.4) is 0 Å². The van der Waals surface area contributed by atoms with Crippen LogP contribution in [-0.2, 0) is 9.53 Å². The Labute approximate surface area is 98.1 Å². The molecule has 0 saturated heterocycles. The summed E-state index contributed by atoms with van der Waals surface area (Å²) in [4.78, 5) is 10.8. The van der Waals surface area contributed by atoms with Gasteiger partial charge in [-0.25, -0.2) is 0 Å². The summed E-state index contributed by atoms with van der Waals surface area (Å²) in [5.74, 6) is 4.99. The number of ether oxygens (including phenoxy) is 1. The number of hydrogen-bond acceptors (Lipinski definition) is 2. The molecule has 0 spiro atoms. The van der Waals surface area contributed by atoms with Gasteiger partial charge in [-0.2, -0.15) is 0 Å². The van der Waals surface area contributed by atoms with Crippen LogP contribution in [0, 0.1) is 11.8 Å². The van der Waals surface area contributed by atoms with E-state index in [-0.39, 0.29) is 12.4 Å². The zero-order valence-corrected chi connectivity index (χ0v) is 9.52. The summed E-state index contributed by atoms with van der Waals surface area (Å²) < 4.78 is 4.44. The Balaban J connectivity index is 2.84. The van der Waals surface area contributed by atoms with E-state index in [1.54, 1.807) is 18.2 Å². The van der Waals surface area contributed by atoms with Crippen LogP contribution in [0.5, 0.6) is 0 Å². The van der Waals surface area contributed by atoms with Crippen molar-refractivity contribution in [3.8, 4) is 11.8 Å². The Morgan fingerprint density at radius 2 is 2.00 bits per heavy atom. The Kier molecular flexibility index (Phi) is 4.48. The molecule has 1 aromatic carbocycles. The molecule has 78 valence electrons. The smallest absolute Gasteiger partial charge is 0.317 e. The van der Waals surface area contributed by atoms with E-state index in [0.29, 0.717) is 15.6 Å². The van der Waals surface area contributed by atoms with Crippen LogP contribution in [0.25, 0.3) is 0 Å². The maximum Gasteiger partial charge on any atom is 0.317 e. The molecule has 1 rings (SSSR count). The summed E-state index contributed by atoms with van der Waals surface area (Å²) in [5.41, 5.74) is 0.532. The summed E-state index contributed by atoms with van der Waals surface area (Å²) in [6.07, 6.45) is 0.0258. The Hall–Kier alpha value is -1.17. The summed E-state index contributed by atoms with van der Waals surface area (Å²) in [5, 5.41) is 0.944. The Morgan fingerprint density at radius 3 is 2.53 bits per heavy atom. The molecule has 0 N–H and O–H groups in total. The zero-order chi connectivity index (χ0) is 11.3. The molecule has 15 heavy (non-hydrogen) atoms. The van der Waals surface area contributed by atoms with Crippen molar-refractivity contribution in [1.82, 2.24) is 0 Å². The van der Waals surface area contributed by atoms with E-state index in [1.807, 2.05) is 0 Å². The molecule has 1 aromatic rings. The standard InChI is InChI=1S/C11H8Cl2O2/c1-15-11(14)7-2-4-8-9(12)5-3-6-10(8)13/h3,5-6H,7H2,1H3. The van der Waals surface area contributed by atoms with Gasteiger partial charge in [-0.15, -0.1) is 0 Å². The van der Waals surface area contributed by atoms with Crippen molar-refractivity contribution in [2.75, 3.05) is 7.11 Å². The molecule has 4 heteroatoms. The van der Waals surface area contributed by atoms with Crippen LogP contribution in [0.15, 0.2) is 18.2 Å². The van der Waals surface area contributed by atoms with Crippen molar-refractivity contribution >= 4 is 29.2 Å². The maximum absolute atomic E-state index is 10.8. The highest BCUT2D eigenvalue weighted by Gasteiger charge is 2.01. The van der Waals surface area contributed by atoms with Gasteiger partial charge in [-0.1, -0.05) is 41.1 Å². The number of rotatable bonds is 1. The average Bonchev–Trinajstić information content (AvgIpc) is 2.22. The first kappa shape index (κ1) is 11.9. The second-order valence-electron chi connectivity index (χ2n) is 2.65. The number of hydrogen-bond donors (Lipinski definition) is 0. The van der Waals surface area contributed by atoms with E-state index >= 15 is 0 Å². The Morgan fingerprint density at radius 1 is 1.40 bits per heavy atom. The van der Waals surface area contributed by atoms with Gasteiger partial charge in [-0.05, 0) is 12.1 Å². The van der Waals surface area contributed by atoms with Crippen molar-refractivity contribution in [3.05, 3.63) is 33.8 Å². The maximum atomic E-state index is 10.8. The molecule has 0 bridgehead atoms. The lowest BCUT2D eigenvalue weighted by molar-refractivity contribution is -0.139. The number of carbonyl (C=O) groups is 1. The normalized spacial score (nSPS) is 9.00. The minimum atomic E-state index is -0.384. The molecular formula is C11H8Cl2O2. The molecule has 0 saturated carbocycles. The summed E-state index contributed by atoms with van der Waals surface area (Å²) in [6.45, 7) is 0. The van der Waals surface area contributed by atoms with Crippen LogP contribution < -0.4 is 0 Å². The first-order valence-corrected chi connectivity index (χ1v) is 4.90. The summed E-state index contributed by atoms with van der Waals surface area (Å²) in [6, 6.07) is 5.11. The van der Waals surface area contributed by atoms with E-state index in [1.165, 1.54) is 7.11 Å². The van der Waals surface area contributed by atoms with Crippen LogP contribution >= 0.6 is 23.2 Å². The molecule has 0 aliphatic carbocycles. The van der Waals surface area contributed by atoms with E-state index in [0.717, 1.165) is 0 Å². The van der Waals surface area contributed by atoms with Gasteiger partial charge < -0.3 is 4.74 Å². The molecule has 0 aliphatic heterocycles. The highest BCUT2D eigenvalue weighted by Crippen LogP contribution is 2.22. The SMILES string of the molecule is COC(=O)CC#Cc1c(Cl)cccc1Cl. The van der Waals surface area contributed by atoms with Crippen LogP contribution in [0.4, 0.5) is 0 Å². The van der Waals surface area contributed by atoms with Gasteiger partial charge in [0, 0.05) is 0 Å². The number of carbonyl (C=O) groups excluding carboxylic acids is 1. The molecule has 0 heterocycles. The lowest BCUT2D eigenvalue weighted by Crippen LogP contribution is -1.97. The minimum Gasteiger partial charge on any atom is -0.468 e. The monoisotopic (exact) mass is 242 g/mol. The van der Waals surface area contributed by atoms with Gasteiger partial charge in [0.2, 0.25) is 0 Å². The predicted molar refractivity (Wildman–Crippen MR) is 60.0 cm³/mol. The minimum absolute atomic E-state index is 0.0258. The summed E-state index contributed by atoms with van der Waals surface area (Å²) in [7, 11) is 1.31. The van der Waals surface area contributed by atoms with E-state index < -0.39 is 0 Å². The highest BCUT2D eigenvalue weighted by atomic mass is 35.5. The van der Waals surface area contributed by atoms with Crippen molar-refractivity contribution in [2.24, 2.45) is 0 Å². The first-order valence-electron chi connectivity index (χ1n) is 4.15. The molecule has 2 nitrogen and oxygen atoms in total. The predicted octanol–water partition coefficient (Wildman–Crippen LogP) is 2.91. The molecule has 0 unspecified atom stereocenters.